The maximum Gasteiger partial charge on any atom is 0.326 e. The van der Waals surface area contributed by atoms with Crippen molar-refractivity contribution >= 4 is 34.9 Å². The molecule has 0 saturated carbocycles. The van der Waals surface area contributed by atoms with Crippen LogP contribution in [0.5, 0.6) is 0 Å². The Morgan fingerprint density at radius 1 is 0.912 bits per heavy atom. The van der Waals surface area contributed by atoms with E-state index < -0.39 is 0 Å². The van der Waals surface area contributed by atoms with E-state index in [1.165, 1.54) is 5.57 Å². The van der Waals surface area contributed by atoms with Gasteiger partial charge < -0.3 is 5.32 Å². The van der Waals surface area contributed by atoms with Crippen LogP contribution in [0, 0.1) is 5.92 Å². The molecule has 2 aromatic carbocycles. The van der Waals surface area contributed by atoms with Crippen LogP contribution < -0.4 is 5.32 Å². The van der Waals surface area contributed by atoms with Crippen LogP contribution in [0.4, 0.5) is 10.5 Å². The quantitative estimate of drug-likeness (QED) is 0.404. The monoisotopic (exact) mass is 498 g/mol. The van der Waals surface area contributed by atoms with Crippen molar-refractivity contribution in [3.8, 4) is 0 Å². The number of amides is 2. The van der Waals surface area contributed by atoms with Gasteiger partial charge in [-0.15, -0.1) is 0 Å². The van der Waals surface area contributed by atoms with Crippen molar-refractivity contribution in [2.75, 3.05) is 5.32 Å². The zero-order valence-electron chi connectivity index (χ0n) is 21.1. The van der Waals surface area contributed by atoms with E-state index >= 15 is 0 Å². The predicted octanol–water partition coefficient (Wildman–Crippen LogP) is 9.53. The number of halogens is 2. The molecule has 0 unspecified atom stereocenters. The zero-order chi connectivity index (χ0) is 25.0. The van der Waals surface area contributed by atoms with Crippen molar-refractivity contribution < 1.29 is 4.79 Å². The molecule has 3 nitrogen and oxygen atoms in total. The molecule has 0 saturated heterocycles. The summed E-state index contributed by atoms with van der Waals surface area (Å²) in [4.78, 5) is 15.7. The number of hydrogen-bond donors (Lipinski definition) is 1. The van der Waals surface area contributed by atoms with Gasteiger partial charge in [0.15, 0.2) is 0 Å². The van der Waals surface area contributed by atoms with Crippen LogP contribution in [0.3, 0.4) is 0 Å². The highest BCUT2D eigenvalue weighted by Crippen LogP contribution is 2.34. The van der Waals surface area contributed by atoms with Crippen molar-refractivity contribution in [2.24, 2.45) is 5.92 Å². The second-order valence-electron chi connectivity index (χ2n) is 9.93. The average molecular weight is 500 g/mol. The van der Waals surface area contributed by atoms with Gasteiger partial charge in [0.05, 0.1) is 6.54 Å². The van der Waals surface area contributed by atoms with Crippen molar-refractivity contribution in [3.05, 3.63) is 86.6 Å². The minimum absolute atomic E-state index is 0.145. The van der Waals surface area contributed by atoms with Crippen LogP contribution in [0.15, 0.2) is 59.8 Å². The third-order valence-electron chi connectivity index (χ3n) is 6.44. The summed E-state index contributed by atoms with van der Waals surface area (Å²) < 4.78 is 0. The van der Waals surface area contributed by atoms with Gasteiger partial charge in [0.25, 0.3) is 0 Å². The van der Waals surface area contributed by atoms with Crippen molar-refractivity contribution in [2.45, 2.75) is 72.8 Å². The van der Waals surface area contributed by atoms with Gasteiger partial charge in [-0.3, -0.25) is 4.90 Å². The molecule has 0 fully saturated rings. The number of hydrogen-bond acceptors (Lipinski definition) is 1. The van der Waals surface area contributed by atoms with Crippen molar-refractivity contribution in [1.29, 1.82) is 0 Å². The summed E-state index contributed by atoms with van der Waals surface area (Å²) in [6.45, 7) is 13.4. The molecule has 0 atom stereocenters. The molecule has 1 aliphatic rings. The maximum absolute atomic E-state index is 13.8. The normalized spacial score (nSPS) is 13.9. The van der Waals surface area contributed by atoms with E-state index in [9.17, 15) is 4.79 Å². The first-order valence-electron chi connectivity index (χ1n) is 12.1. The van der Waals surface area contributed by atoms with E-state index in [2.05, 4.69) is 77.2 Å². The van der Waals surface area contributed by atoms with Gasteiger partial charge >= 0.3 is 6.03 Å². The van der Waals surface area contributed by atoms with Crippen LogP contribution in [-0.4, -0.2) is 10.9 Å². The van der Waals surface area contributed by atoms with Gasteiger partial charge in [-0.25, -0.2) is 4.79 Å². The van der Waals surface area contributed by atoms with E-state index in [0.717, 1.165) is 40.9 Å². The summed E-state index contributed by atoms with van der Waals surface area (Å²) in [5.74, 6) is 1.08. The maximum atomic E-state index is 13.8. The molecule has 34 heavy (non-hydrogen) atoms. The first kappa shape index (κ1) is 26.4. The van der Waals surface area contributed by atoms with Gasteiger partial charge in [-0.05, 0) is 65.5 Å². The molecule has 1 N–H and O–H groups in total. The number of rotatable bonds is 7. The van der Waals surface area contributed by atoms with Crippen LogP contribution in [-0.2, 0) is 6.54 Å². The Balaban J connectivity index is 2.01. The standard InChI is InChI=1S/C29H36Cl2N2O/c1-18(2)21-11-14-24(15-12-21)33(17-22-10-13-23(30)16-27(22)31)29(34)32-28-25(19(3)4)8-7-9-26(28)20(5)6/h7-11,13-14,16,18-20H,12,15,17H2,1-6H3,(H,32,34). The molecule has 5 heteroatoms. The summed E-state index contributed by atoms with van der Waals surface area (Å²) >= 11 is 12.6. The Bertz CT molecular complexity index is 1070. The van der Waals surface area contributed by atoms with Crippen molar-refractivity contribution in [1.82, 2.24) is 4.90 Å². The number of urea groups is 1. The Kier molecular flexibility index (Phi) is 8.89. The fraction of sp³-hybridized carbons (Fsp3) is 0.414. The Morgan fingerprint density at radius 2 is 1.56 bits per heavy atom. The third kappa shape index (κ3) is 6.25. The number of nitrogens with one attached hydrogen (secondary N) is 1. The highest BCUT2D eigenvalue weighted by Gasteiger charge is 2.24. The lowest BCUT2D eigenvalue weighted by Crippen LogP contribution is -2.35. The molecule has 2 amide bonds. The number of para-hydroxylation sites is 1. The molecular formula is C29H36Cl2N2O. The smallest absolute Gasteiger partial charge is 0.307 e. The minimum Gasteiger partial charge on any atom is -0.307 e. The van der Waals surface area contributed by atoms with E-state index in [0.29, 0.717) is 34.3 Å². The molecule has 0 bridgehead atoms. The average Bonchev–Trinajstić information content (AvgIpc) is 2.78. The summed E-state index contributed by atoms with van der Waals surface area (Å²) in [6.07, 6.45) is 6.00. The number of nitrogens with zero attached hydrogens (tertiary/aromatic N) is 1. The number of carbonyl (C=O) groups excluding carboxylic acids is 1. The summed E-state index contributed by atoms with van der Waals surface area (Å²) in [6, 6.07) is 11.6. The van der Waals surface area contributed by atoms with Gasteiger partial charge in [-0.2, -0.15) is 0 Å². The van der Waals surface area contributed by atoms with Crippen molar-refractivity contribution in [3.63, 3.8) is 0 Å². The predicted molar refractivity (Wildman–Crippen MR) is 146 cm³/mol. The van der Waals surface area contributed by atoms with E-state index in [-0.39, 0.29) is 6.03 Å². The van der Waals surface area contributed by atoms with Gasteiger partial charge in [-0.1, -0.05) is 101 Å². The van der Waals surface area contributed by atoms with Gasteiger partial charge in [0.1, 0.15) is 0 Å². The number of benzene rings is 2. The number of allylic oxidation sites excluding steroid dienone is 4. The SMILES string of the molecule is CC(C)C1=CC=C(N(Cc2ccc(Cl)cc2Cl)C(=O)Nc2c(C(C)C)cccc2C(C)C)CC1. The first-order chi connectivity index (χ1) is 16.1. The minimum atomic E-state index is -0.145. The Morgan fingerprint density at radius 3 is 2.06 bits per heavy atom. The van der Waals surface area contributed by atoms with Crippen LogP contribution in [0.25, 0.3) is 0 Å². The molecule has 0 spiro atoms. The molecule has 0 aliphatic heterocycles. The van der Waals surface area contributed by atoms with E-state index in [1.54, 1.807) is 6.07 Å². The summed E-state index contributed by atoms with van der Waals surface area (Å²) in [5.41, 5.74) is 6.45. The van der Waals surface area contributed by atoms with Gasteiger partial charge in [0.2, 0.25) is 0 Å². The number of carbonyl (C=O) groups is 1. The Hall–Kier alpha value is -2.23. The van der Waals surface area contributed by atoms with Crippen LogP contribution >= 0.6 is 23.2 Å². The topological polar surface area (TPSA) is 32.3 Å². The lowest BCUT2D eigenvalue weighted by molar-refractivity contribution is 0.221. The molecule has 182 valence electrons. The molecule has 2 aromatic rings. The summed E-state index contributed by atoms with van der Waals surface area (Å²) in [7, 11) is 0. The van der Waals surface area contributed by atoms with E-state index in [1.807, 2.05) is 17.0 Å². The Labute approximate surface area is 214 Å². The largest absolute Gasteiger partial charge is 0.326 e. The molecule has 0 radical (unpaired) electrons. The molecule has 0 aromatic heterocycles. The highest BCUT2D eigenvalue weighted by atomic mass is 35.5. The lowest BCUT2D eigenvalue weighted by atomic mass is 9.92. The van der Waals surface area contributed by atoms with Crippen LogP contribution in [0.1, 0.15) is 82.9 Å². The molecular weight excluding hydrogens is 463 g/mol. The summed E-state index contributed by atoms with van der Waals surface area (Å²) in [5, 5.41) is 4.42. The second-order valence-corrected chi connectivity index (χ2v) is 10.8. The third-order valence-corrected chi connectivity index (χ3v) is 7.03. The lowest BCUT2D eigenvalue weighted by Gasteiger charge is -2.30. The first-order valence-corrected chi connectivity index (χ1v) is 12.9. The molecule has 3 rings (SSSR count). The van der Waals surface area contributed by atoms with Gasteiger partial charge in [0, 0.05) is 21.4 Å². The second kappa shape index (κ2) is 11.5. The fourth-order valence-electron chi connectivity index (χ4n) is 4.34. The molecule has 1 aliphatic carbocycles. The number of anilines is 1. The highest BCUT2D eigenvalue weighted by molar-refractivity contribution is 6.35. The zero-order valence-corrected chi connectivity index (χ0v) is 22.6. The fourth-order valence-corrected chi connectivity index (χ4v) is 4.81. The van der Waals surface area contributed by atoms with E-state index in [4.69, 9.17) is 23.2 Å². The van der Waals surface area contributed by atoms with Crippen LogP contribution in [0.2, 0.25) is 10.0 Å². The molecule has 0 heterocycles.